The normalized spacial score (nSPS) is 13.9. The molecule has 68 valence electrons. The van der Waals surface area contributed by atoms with E-state index in [2.05, 4.69) is 20.8 Å². The Morgan fingerprint density at radius 1 is 1.18 bits per heavy atom. The number of rotatable bonds is 6. The maximum atomic E-state index is 5.60. The van der Waals surface area contributed by atoms with Gasteiger partial charge >= 0.3 is 0 Å². The van der Waals surface area contributed by atoms with Crippen LogP contribution in [-0.4, -0.2) is 6.54 Å². The highest BCUT2D eigenvalue weighted by Crippen LogP contribution is 2.13. The van der Waals surface area contributed by atoms with E-state index in [0.29, 0.717) is 0 Å². The first kappa shape index (κ1) is 11.0. The molecule has 1 nitrogen and oxygen atoms in total. The molecule has 0 aliphatic heterocycles. The third-order valence-electron chi connectivity index (χ3n) is 2.30. The van der Waals surface area contributed by atoms with Crippen molar-refractivity contribution in [1.29, 1.82) is 0 Å². The van der Waals surface area contributed by atoms with Crippen molar-refractivity contribution in [2.24, 2.45) is 17.6 Å². The van der Waals surface area contributed by atoms with Gasteiger partial charge in [-0.2, -0.15) is 0 Å². The maximum Gasteiger partial charge on any atom is -0.00490 e. The van der Waals surface area contributed by atoms with Crippen LogP contribution in [0.2, 0.25) is 0 Å². The minimum absolute atomic E-state index is 0.772. The van der Waals surface area contributed by atoms with Crippen LogP contribution in [0.3, 0.4) is 0 Å². The maximum absolute atomic E-state index is 5.60. The fraction of sp³-hybridized carbons (Fsp3) is 1.00. The van der Waals surface area contributed by atoms with Gasteiger partial charge in [-0.15, -0.1) is 0 Å². The molecule has 0 fully saturated rings. The lowest BCUT2D eigenvalue weighted by Gasteiger charge is -2.12. The molecule has 0 aromatic heterocycles. The summed E-state index contributed by atoms with van der Waals surface area (Å²) in [6.07, 6.45) is 5.28. The first-order chi connectivity index (χ1) is 5.20. The van der Waals surface area contributed by atoms with Gasteiger partial charge in [0.1, 0.15) is 0 Å². The lowest BCUT2D eigenvalue weighted by atomic mass is 9.96. The van der Waals surface area contributed by atoms with Crippen LogP contribution in [0.25, 0.3) is 0 Å². The first-order valence-electron chi connectivity index (χ1n) is 4.90. The van der Waals surface area contributed by atoms with Gasteiger partial charge in [0.2, 0.25) is 0 Å². The van der Waals surface area contributed by atoms with Crippen molar-refractivity contribution < 1.29 is 0 Å². The van der Waals surface area contributed by atoms with Gasteiger partial charge < -0.3 is 5.73 Å². The lowest BCUT2D eigenvalue weighted by molar-refractivity contribution is 0.429. The Bertz CT molecular complexity index is 74.9. The largest absolute Gasteiger partial charge is 0.330 e. The van der Waals surface area contributed by atoms with E-state index in [1.54, 1.807) is 0 Å². The molecule has 0 aliphatic rings. The molecular weight excluding hydrogens is 134 g/mol. The summed E-state index contributed by atoms with van der Waals surface area (Å²) in [5.41, 5.74) is 5.60. The van der Waals surface area contributed by atoms with Gasteiger partial charge in [0, 0.05) is 0 Å². The molecule has 0 radical (unpaired) electrons. The van der Waals surface area contributed by atoms with Crippen LogP contribution in [0, 0.1) is 11.8 Å². The van der Waals surface area contributed by atoms with Crippen LogP contribution >= 0.6 is 0 Å². The Balaban J connectivity index is 3.21. The Morgan fingerprint density at radius 3 is 2.18 bits per heavy atom. The molecule has 0 heterocycles. The fourth-order valence-electron chi connectivity index (χ4n) is 1.30. The second-order valence-electron chi connectivity index (χ2n) is 3.83. The second kappa shape index (κ2) is 6.66. The van der Waals surface area contributed by atoms with Gasteiger partial charge in [-0.1, -0.05) is 40.0 Å². The Morgan fingerprint density at radius 2 is 1.82 bits per heavy atom. The molecule has 1 heteroatoms. The molecule has 1 atom stereocenters. The summed E-state index contributed by atoms with van der Waals surface area (Å²) in [4.78, 5) is 0. The van der Waals surface area contributed by atoms with Gasteiger partial charge in [-0.25, -0.2) is 0 Å². The third kappa shape index (κ3) is 6.36. The van der Waals surface area contributed by atoms with Crippen molar-refractivity contribution in [2.75, 3.05) is 6.54 Å². The van der Waals surface area contributed by atoms with Crippen molar-refractivity contribution >= 4 is 0 Å². The molecule has 0 aliphatic carbocycles. The van der Waals surface area contributed by atoms with Crippen LogP contribution in [0.15, 0.2) is 0 Å². The third-order valence-corrected chi connectivity index (χ3v) is 2.30. The van der Waals surface area contributed by atoms with Gasteiger partial charge in [0.05, 0.1) is 0 Å². The first-order valence-corrected chi connectivity index (χ1v) is 4.90. The van der Waals surface area contributed by atoms with Gasteiger partial charge in [0.25, 0.3) is 0 Å². The van der Waals surface area contributed by atoms with E-state index in [1.807, 2.05) is 0 Å². The van der Waals surface area contributed by atoms with E-state index in [1.165, 1.54) is 25.7 Å². The highest BCUT2D eigenvalue weighted by atomic mass is 14.5. The van der Waals surface area contributed by atoms with Crippen LogP contribution in [-0.2, 0) is 0 Å². The Kier molecular flexibility index (Phi) is 6.63. The zero-order valence-corrected chi connectivity index (χ0v) is 8.27. The number of nitrogens with two attached hydrogens (primary N) is 1. The van der Waals surface area contributed by atoms with E-state index < -0.39 is 0 Å². The van der Waals surface area contributed by atoms with Crippen molar-refractivity contribution in [1.82, 2.24) is 0 Å². The monoisotopic (exact) mass is 157 g/mol. The zero-order chi connectivity index (χ0) is 8.69. The van der Waals surface area contributed by atoms with E-state index in [9.17, 15) is 0 Å². The predicted octanol–water partition coefficient (Wildman–Crippen LogP) is 2.80. The molecule has 0 rings (SSSR count). The molecular formula is C10H23N. The topological polar surface area (TPSA) is 26.0 Å². The molecule has 2 N–H and O–H groups in total. The summed E-state index contributed by atoms with van der Waals surface area (Å²) < 4.78 is 0. The SMILES string of the molecule is CC[C@H](CN)CCCC(C)C. The van der Waals surface area contributed by atoms with Crippen molar-refractivity contribution in [3.05, 3.63) is 0 Å². The number of hydrogen-bond acceptors (Lipinski definition) is 1. The van der Waals surface area contributed by atoms with Gasteiger partial charge in [-0.05, 0) is 24.8 Å². The molecule has 0 amide bonds. The lowest BCUT2D eigenvalue weighted by Crippen LogP contribution is -2.13. The summed E-state index contributed by atoms with van der Waals surface area (Å²) in [6, 6.07) is 0. The van der Waals surface area contributed by atoms with Crippen LogP contribution in [0.1, 0.15) is 46.5 Å². The Labute approximate surface area is 71.4 Å². The number of hydrogen-bond donors (Lipinski definition) is 1. The van der Waals surface area contributed by atoms with Crippen molar-refractivity contribution in [3.8, 4) is 0 Å². The summed E-state index contributed by atoms with van der Waals surface area (Å²) in [5, 5.41) is 0. The quantitative estimate of drug-likeness (QED) is 0.630. The fourth-order valence-corrected chi connectivity index (χ4v) is 1.30. The highest BCUT2D eigenvalue weighted by molar-refractivity contribution is 4.58. The van der Waals surface area contributed by atoms with Gasteiger partial charge in [0.15, 0.2) is 0 Å². The molecule has 0 saturated carbocycles. The molecule has 0 unspecified atom stereocenters. The smallest absolute Gasteiger partial charge is 0.00490 e. The highest BCUT2D eigenvalue weighted by Gasteiger charge is 2.03. The minimum atomic E-state index is 0.772. The molecule has 0 spiro atoms. The summed E-state index contributed by atoms with van der Waals surface area (Å²) in [5.74, 6) is 1.62. The van der Waals surface area contributed by atoms with E-state index in [4.69, 9.17) is 5.73 Å². The standard InChI is InChI=1S/C10H23N/c1-4-10(8-11)7-5-6-9(2)3/h9-10H,4-8,11H2,1-3H3/t10-/m0/s1. The van der Waals surface area contributed by atoms with E-state index in [-0.39, 0.29) is 0 Å². The predicted molar refractivity (Wildman–Crippen MR) is 51.5 cm³/mol. The van der Waals surface area contributed by atoms with Crippen LogP contribution in [0.5, 0.6) is 0 Å². The molecule has 0 aromatic carbocycles. The summed E-state index contributed by atoms with van der Waals surface area (Å²) in [6.45, 7) is 7.66. The van der Waals surface area contributed by atoms with E-state index in [0.717, 1.165) is 18.4 Å². The zero-order valence-electron chi connectivity index (χ0n) is 8.27. The second-order valence-corrected chi connectivity index (χ2v) is 3.83. The van der Waals surface area contributed by atoms with E-state index >= 15 is 0 Å². The van der Waals surface area contributed by atoms with Crippen molar-refractivity contribution in [3.63, 3.8) is 0 Å². The summed E-state index contributed by atoms with van der Waals surface area (Å²) >= 11 is 0. The van der Waals surface area contributed by atoms with Crippen LogP contribution < -0.4 is 5.73 Å². The Hall–Kier alpha value is -0.0400. The van der Waals surface area contributed by atoms with Crippen LogP contribution in [0.4, 0.5) is 0 Å². The molecule has 0 aromatic rings. The van der Waals surface area contributed by atoms with Gasteiger partial charge in [-0.3, -0.25) is 0 Å². The molecule has 11 heavy (non-hydrogen) atoms. The molecule has 0 saturated heterocycles. The molecule has 0 bridgehead atoms. The average molecular weight is 157 g/mol. The summed E-state index contributed by atoms with van der Waals surface area (Å²) in [7, 11) is 0. The minimum Gasteiger partial charge on any atom is -0.330 e. The van der Waals surface area contributed by atoms with Crippen molar-refractivity contribution in [2.45, 2.75) is 46.5 Å². The average Bonchev–Trinajstić information content (AvgIpc) is 1.98.